The van der Waals surface area contributed by atoms with Crippen LogP contribution < -0.4 is 5.56 Å². The predicted octanol–water partition coefficient (Wildman–Crippen LogP) is 5.18. The van der Waals surface area contributed by atoms with Gasteiger partial charge in [0.1, 0.15) is 5.82 Å². The summed E-state index contributed by atoms with van der Waals surface area (Å²) in [6, 6.07) is 15.1. The van der Waals surface area contributed by atoms with Crippen molar-refractivity contribution in [3.05, 3.63) is 70.3 Å². The van der Waals surface area contributed by atoms with Crippen LogP contribution in [0.4, 0.5) is 0 Å². The second kappa shape index (κ2) is 9.04. The summed E-state index contributed by atoms with van der Waals surface area (Å²) in [7, 11) is 0. The van der Waals surface area contributed by atoms with E-state index >= 15 is 0 Å². The number of unbranched alkanes of at least 4 members (excludes halogenated alkanes) is 2. The van der Waals surface area contributed by atoms with E-state index in [0.717, 1.165) is 43.4 Å². The van der Waals surface area contributed by atoms with Crippen molar-refractivity contribution >= 4 is 16.8 Å². The fourth-order valence-electron chi connectivity index (χ4n) is 4.10. The summed E-state index contributed by atoms with van der Waals surface area (Å²) >= 11 is 0. The molecule has 1 saturated carbocycles. The molecule has 1 atom stereocenters. The van der Waals surface area contributed by atoms with E-state index in [0.29, 0.717) is 23.3 Å². The van der Waals surface area contributed by atoms with E-state index < -0.39 is 0 Å². The second-order valence-electron chi connectivity index (χ2n) is 8.65. The molecule has 5 heteroatoms. The van der Waals surface area contributed by atoms with E-state index in [9.17, 15) is 9.59 Å². The van der Waals surface area contributed by atoms with Gasteiger partial charge in [-0.1, -0.05) is 49.6 Å². The Kier molecular flexibility index (Phi) is 6.21. The Morgan fingerprint density at radius 1 is 1.13 bits per heavy atom. The Labute approximate surface area is 183 Å². The van der Waals surface area contributed by atoms with Gasteiger partial charge in [-0.15, -0.1) is 0 Å². The fourth-order valence-corrected chi connectivity index (χ4v) is 4.10. The molecule has 0 saturated heterocycles. The number of nitrogens with zero attached hydrogens (tertiary/aromatic N) is 3. The zero-order chi connectivity index (χ0) is 22.0. The van der Waals surface area contributed by atoms with Crippen LogP contribution >= 0.6 is 0 Å². The summed E-state index contributed by atoms with van der Waals surface area (Å²) < 4.78 is 1.69. The lowest BCUT2D eigenvalue weighted by Gasteiger charge is -2.31. The van der Waals surface area contributed by atoms with Gasteiger partial charge >= 0.3 is 0 Å². The van der Waals surface area contributed by atoms with Gasteiger partial charge in [0.15, 0.2) is 0 Å². The molecule has 1 heterocycles. The van der Waals surface area contributed by atoms with Gasteiger partial charge in [0.2, 0.25) is 5.91 Å². The third-order valence-electron chi connectivity index (χ3n) is 6.15. The van der Waals surface area contributed by atoms with Crippen LogP contribution in [-0.4, -0.2) is 26.9 Å². The van der Waals surface area contributed by atoms with Crippen LogP contribution in [0.2, 0.25) is 0 Å². The van der Waals surface area contributed by atoms with Gasteiger partial charge in [0.05, 0.1) is 22.6 Å². The van der Waals surface area contributed by atoms with Gasteiger partial charge in [-0.05, 0) is 57.4 Å². The van der Waals surface area contributed by atoms with E-state index in [1.165, 1.54) is 0 Å². The first-order valence-corrected chi connectivity index (χ1v) is 11.4. The summed E-state index contributed by atoms with van der Waals surface area (Å²) in [6.07, 6.45) is 5.07. The Hall–Kier alpha value is -2.95. The zero-order valence-electron chi connectivity index (χ0n) is 18.7. The molecule has 162 valence electrons. The summed E-state index contributed by atoms with van der Waals surface area (Å²) in [5.74, 6) is 0.948. The average Bonchev–Trinajstić information content (AvgIpc) is 3.62. The first kappa shape index (κ1) is 21.3. The van der Waals surface area contributed by atoms with E-state index in [-0.39, 0.29) is 23.4 Å². The van der Waals surface area contributed by atoms with E-state index in [4.69, 9.17) is 4.98 Å². The Morgan fingerprint density at radius 3 is 2.52 bits per heavy atom. The Balaban J connectivity index is 1.85. The third-order valence-corrected chi connectivity index (χ3v) is 6.15. The van der Waals surface area contributed by atoms with E-state index in [1.807, 2.05) is 67.3 Å². The lowest BCUT2D eigenvalue weighted by atomic mass is 10.1. The quantitative estimate of drug-likeness (QED) is 0.474. The number of benzene rings is 2. The number of hydrogen-bond acceptors (Lipinski definition) is 3. The van der Waals surface area contributed by atoms with Gasteiger partial charge in [-0.3, -0.25) is 14.2 Å². The molecule has 0 aliphatic heterocycles. The number of aryl methyl sites for hydroxylation is 1. The van der Waals surface area contributed by atoms with Crippen molar-refractivity contribution in [2.24, 2.45) is 5.92 Å². The molecule has 0 N–H and O–H groups in total. The van der Waals surface area contributed by atoms with Crippen LogP contribution in [-0.2, 0) is 4.79 Å². The highest BCUT2D eigenvalue weighted by Crippen LogP contribution is 2.34. The van der Waals surface area contributed by atoms with Crippen molar-refractivity contribution in [1.29, 1.82) is 0 Å². The zero-order valence-corrected chi connectivity index (χ0v) is 18.7. The number of rotatable bonds is 8. The Bertz CT molecular complexity index is 1130. The van der Waals surface area contributed by atoms with Crippen LogP contribution in [0.3, 0.4) is 0 Å². The summed E-state index contributed by atoms with van der Waals surface area (Å²) in [5, 5.41) is 0.588. The molecule has 1 amide bonds. The maximum Gasteiger partial charge on any atom is 0.266 e. The minimum absolute atomic E-state index is 0.0938. The molecule has 0 spiro atoms. The van der Waals surface area contributed by atoms with Crippen molar-refractivity contribution in [1.82, 2.24) is 14.5 Å². The molecule has 31 heavy (non-hydrogen) atoms. The highest BCUT2D eigenvalue weighted by Gasteiger charge is 2.36. The number of fused-ring (bicyclic) bond motifs is 1. The highest BCUT2D eigenvalue weighted by atomic mass is 16.2. The molecule has 5 nitrogen and oxygen atoms in total. The van der Waals surface area contributed by atoms with E-state index in [1.54, 1.807) is 4.57 Å². The maximum atomic E-state index is 13.6. The van der Waals surface area contributed by atoms with Gasteiger partial charge in [0, 0.05) is 12.5 Å². The number of carbonyl (C=O) groups is 1. The van der Waals surface area contributed by atoms with Gasteiger partial charge < -0.3 is 4.90 Å². The molecule has 4 rings (SSSR count). The molecule has 1 aliphatic carbocycles. The summed E-state index contributed by atoms with van der Waals surface area (Å²) in [5.41, 5.74) is 2.49. The highest BCUT2D eigenvalue weighted by molar-refractivity contribution is 5.82. The van der Waals surface area contributed by atoms with E-state index in [2.05, 4.69) is 6.92 Å². The molecule has 1 aliphatic rings. The fraction of sp³-hybridized carbons (Fsp3) is 0.423. The van der Waals surface area contributed by atoms with Crippen molar-refractivity contribution in [3.63, 3.8) is 0 Å². The normalized spacial score (nSPS) is 14.5. The monoisotopic (exact) mass is 417 g/mol. The standard InChI is InChI=1S/C26H31N3O2/c1-4-5-8-17-28(25(30)20-13-14-20)19(3)24-27-23-10-7-6-9-22(23)26(31)29(24)21-15-11-18(2)12-16-21/h6-7,9-12,15-16,19-20H,4-5,8,13-14,17H2,1-3H3. The molecule has 2 aromatic carbocycles. The number of para-hydroxylation sites is 1. The topological polar surface area (TPSA) is 55.2 Å². The molecule has 3 aromatic rings. The maximum absolute atomic E-state index is 13.6. The van der Waals surface area contributed by atoms with Gasteiger partial charge in [0.25, 0.3) is 5.56 Å². The largest absolute Gasteiger partial charge is 0.333 e. The summed E-state index contributed by atoms with van der Waals surface area (Å²) in [4.78, 5) is 33.6. The van der Waals surface area contributed by atoms with Crippen LogP contribution in [0.15, 0.2) is 53.3 Å². The molecule has 0 radical (unpaired) electrons. The van der Waals surface area contributed by atoms with Crippen molar-refractivity contribution < 1.29 is 4.79 Å². The average molecular weight is 418 g/mol. The SMILES string of the molecule is CCCCCN(C(=O)C1CC1)C(C)c1nc2ccccc2c(=O)n1-c1ccc(C)cc1. The minimum atomic E-state index is -0.288. The van der Waals surface area contributed by atoms with Crippen molar-refractivity contribution in [3.8, 4) is 5.69 Å². The lowest BCUT2D eigenvalue weighted by molar-refractivity contribution is -0.135. The van der Waals surface area contributed by atoms with Crippen LogP contribution in [0.1, 0.15) is 63.4 Å². The van der Waals surface area contributed by atoms with Crippen LogP contribution in [0.5, 0.6) is 0 Å². The molecule has 1 aromatic heterocycles. The Morgan fingerprint density at radius 2 is 1.84 bits per heavy atom. The summed E-state index contributed by atoms with van der Waals surface area (Å²) in [6.45, 7) is 6.89. The third kappa shape index (κ3) is 4.41. The second-order valence-corrected chi connectivity index (χ2v) is 8.65. The number of amides is 1. The molecule has 1 fully saturated rings. The minimum Gasteiger partial charge on any atom is -0.333 e. The smallest absolute Gasteiger partial charge is 0.266 e. The molecule has 0 bridgehead atoms. The van der Waals surface area contributed by atoms with Crippen molar-refractivity contribution in [2.45, 2.75) is 58.9 Å². The number of aromatic nitrogens is 2. The van der Waals surface area contributed by atoms with Gasteiger partial charge in [-0.2, -0.15) is 0 Å². The lowest BCUT2D eigenvalue weighted by Crippen LogP contribution is -2.39. The molecule has 1 unspecified atom stereocenters. The molecular formula is C26H31N3O2. The first-order chi connectivity index (χ1) is 15.0. The predicted molar refractivity (Wildman–Crippen MR) is 124 cm³/mol. The molecular weight excluding hydrogens is 386 g/mol. The van der Waals surface area contributed by atoms with Crippen LogP contribution in [0, 0.1) is 12.8 Å². The van der Waals surface area contributed by atoms with Crippen molar-refractivity contribution in [2.75, 3.05) is 6.54 Å². The number of hydrogen-bond donors (Lipinski definition) is 0. The number of carbonyl (C=O) groups excluding carboxylic acids is 1. The first-order valence-electron chi connectivity index (χ1n) is 11.4. The van der Waals surface area contributed by atoms with Crippen LogP contribution in [0.25, 0.3) is 16.6 Å². The van der Waals surface area contributed by atoms with Gasteiger partial charge in [-0.25, -0.2) is 4.98 Å².